The topological polar surface area (TPSA) is 122 Å². The summed E-state index contributed by atoms with van der Waals surface area (Å²) in [5.74, 6) is 0. The predicted octanol–water partition coefficient (Wildman–Crippen LogP) is 2.74. The second kappa shape index (κ2) is 9.45. The maximum Gasteiger partial charge on any atom is 0.408 e. The van der Waals surface area contributed by atoms with Gasteiger partial charge in [0.25, 0.3) is 19.1 Å². The number of aryl methyl sites for hydroxylation is 2. The molecule has 0 aromatic carbocycles. The van der Waals surface area contributed by atoms with Gasteiger partial charge in [0.15, 0.2) is 0 Å². The molecule has 35 heavy (non-hydrogen) atoms. The van der Waals surface area contributed by atoms with E-state index >= 15 is 0 Å². The molecule has 0 aliphatic heterocycles. The van der Waals surface area contributed by atoms with Gasteiger partial charge in [-0.25, -0.2) is 8.42 Å². The minimum Gasteiger partial charge on any atom is -0.262 e. The van der Waals surface area contributed by atoms with Crippen LogP contribution in [0.3, 0.4) is 0 Å². The minimum absolute atomic E-state index is 0.312. The molecule has 1 aliphatic carbocycles. The molecule has 0 N–H and O–H groups in total. The highest BCUT2D eigenvalue weighted by Gasteiger charge is 2.31. The summed E-state index contributed by atoms with van der Waals surface area (Å²) in [5, 5.41) is 10.6. The van der Waals surface area contributed by atoms with Crippen molar-refractivity contribution in [1.82, 2.24) is 28.7 Å². The summed E-state index contributed by atoms with van der Waals surface area (Å²) in [6.45, 7) is -2.68. The quantitative estimate of drug-likeness (QED) is 0.343. The third-order valence-electron chi connectivity index (χ3n) is 4.44. The SMILES string of the molecule is O=S(=O)(Cl)c1cnn(CC(F)(F)F)c1.O=S(=O)(c1cnn(CC(F)(F)F)c1)n1cc2c(n1)CCC2. The molecule has 0 saturated heterocycles. The highest BCUT2D eigenvalue weighted by molar-refractivity contribution is 8.13. The van der Waals surface area contributed by atoms with Crippen LogP contribution in [0.5, 0.6) is 0 Å². The van der Waals surface area contributed by atoms with Gasteiger partial charge in [0, 0.05) is 29.3 Å². The van der Waals surface area contributed by atoms with Crippen LogP contribution in [0.15, 0.2) is 40.8 Å². The van der Waals surface area contributed by atoms with Crippen molar-refractivity contribution in [2.24, 2.45) is 0 Å². The lowest BCUT2D eigenvalue weighted by Crippen LogP contribution is -2.18. The van der Waals surface area contributed by atoms with E-state index in [9.17, 15) is 43.2 Å². The van der Waals surface area contributed by atoms with Crippen LogP contribution in [-0.4, -0.2) is 57.9 Å². The third kappa shape index (κ3) is 7.20. The number of rotatable bonds is 5. The van der Waals surface area contributed by atoms with Crippen molar-refractivity contribution in [3.63, 3.8) is 0 Å². The smallest absolute Gasteiger partial charge is 0.262 e. The van der Waals surface area contributed by atoms with E-state index in [4.69, 9.17) is 10.7 Å². The average molecular weight is 569 g/mol. The molecule has 194 valence electrons. The zero-order valence-electron chi connectivity index (χ0n) is 17.2. The second-order valence-electron chi connectivity index (χ2n) is 7.25. The first kappa shape index (κ1) is 27.0. The number of fused-ring (bicyclic) bond motifs is 1. The zero-order chi connectivity index (χ0) is 26.2. The Hall–Kier alpha value is -2.60. The van der Waals surface area contributed by atoms with Crippen molar-refractivity contribution in [1.29, 1.82) is 0 Å². The van der Waals surface area contributed by atoms with Crippen molar-refractivity contribution in [3.05, 3.63) is 42.2 Å². The lowest BCUT2D eigenvalue weighted by molar-refractivity contribution is -0.143. The van der Waals surface area contributed by atoms with Crippen LogP contribution in [0.2, 0.25) is 0 Å². The van der Waals surface area contributed by atoms with Crippen LogP contribution in [-0.2, 0) is 45.0 Å². The Morgan fingerprint density at radius 2 is 1.34 bits per heavy atom. The Balaban J connectivity index is 0.000000214. The Morgan fingerprint density at radius 1 is 0.829 bits per heavy atom. The third-order valence-corrected chi connectivity index (χ3v) is 7.24. The van der Waals surface area contributed by atoms with Gasteiger partial charge in [-0.2, -0.15) is 54.1 Å². The Bertz CT molecular complexity index is 1390. The molecule has 0 saturated carbocycles. The summed E-state index contributed by atoms with van der Waals surface area (Å²) in [5.41, 5.74) is 1.59. The molecule has 3 aromatic rings. The van der Waals surface area contributed by atoms with Gasteiger partial charge in [-0.05, 0) is 24.8 Å². The molecule has 0 atom stereocenters. The summed E-state index contributed by atoms with van der Waals surface area (Å²) in [6, 6.07) is 0. The molecule has 3 heterocycles. The monoisotopic (exact) mass is 568 g/mol. The highest BCUT2D eigenvalue weighted by atomic mass is 35.7. The van der Waals surface area contributed by atoms with Gasteiger partial charge >= 0.3 is 12.4 Å². The van der Waals surface area contributed by atoms with Crippen molar-refractivity contribution < 1.29 is 43.2 Å². The lowest BCUT2D eigenvalue weighted by atomic mass is 10.3. The van der Waals surface area contributed by atoms with E-state index in [0.717, 1.165) is 53.0 Å². The van der Waals surface area contributed by atoms with Gasteiger partial charge in [0.05, 0.1) is 18.1 Å². The van der Waals surface area contributed by atoms with E-state index in [1.807, 2.05) is 0 Å². The van der Waals surface area contributed by atoms with Gasteiger partial charge in [-0.3, -0.25) is 9.36 Å². The zero-order valence-corrected chi connectivity index (χ0v) is 19.6. The number of alkyl halides is 6. The van der Waals surface area contributed by atoms with E-state index in [0.29, 0.717) is 15.8 Å². The molecular formula is C16H15ClF6N6O4S2. The van der Waals surface area contributed by atoms with Gasteiger partial charge in [0.2, 0.25) is 0 Å². The second-order valence-corrected chi connectivity index (χ2v) is 11.6. The van der Waals surface area contributed by atoms with Crippen molar-refractivity contribution in [2.75, 3.05) is 0 Å². The molecular weight excluding hydrogens is 554 g/mol. The van der Waals surface area contributed by atoms with Crippen LogP contribution in [0.25, 0.3) is 0 Å². The molecule has 0 radical (unpaired) electrons. The van der Waals surface area contributed by atoms with E-state index in [1.165, 1.54) is 6.20 Å². The Labute approximate surface area is 198 Å². The first-order valence-electron chi connectivity index (χ1n) is 9.40. The number of hydrogen-bond donors (Lipinski definition) is 0. The van der Waals surface area contributed by atoms with E-state index in [1.54, 1.807) is 0 Å². The summed E-state index contributed by atoms with van der Waals surface area (Å²) in [6.07, 6.45) is -1.85. The largest absolute Gasteiger partial charge is 0.408 e. The van der Waals surface area contributed by atoms with Gasteiger partial charge < -0.3 is 0 Å². The lowest BCUT2D eigenvalue weighted by Gasteiger charge is -2.05. The molecule has 0 spiro atoms. The molecule has 1 aliphatic rings. The maximum absolute atomic E-state index is 12.3. The van der Waals surface area contributed by atoms with Crippen LogP contribution >= 0.6 is 10.7 Å². The van der Waals surface area contributed by atoms with Crippen LogP contribution in [0.4, 0.5) is 26.3 Å². The van der Waals surface area contributed by atoms with E-state index < -0.39 is 49.4 Å². The Morgan fingerprint density at radius 3 is 1.80 bits per heavy atom. The fourth-order valence-corrected chi connectivity index (χ4v) is 4.79. The van der Waals surface area contributed by atoms with E-state index in [-0.39, 0.29) is 4.90 Å². The summed E-state index contributed by atoms with van der Waals surface area (Å²) < 4.78 is 120. The maximum atomic E-state index is 12.3. The molecule has 10 nitrogen and oxygen atoms in total. The van der Waals surface area contributed by atoms with Gasteiger partial charge in [0.1, 0.15) is 22.9 Å². The molecule has 3 aromatic heterocycles. The predicted molar refractivity (Wildman–Crippen MR) is 106 cm³/mol. The normalized spacial score (nSPS) is 14.5. The molecule has 0 bridgehead atoms. The number of nitrogens with zero attached hydrogens (tertiary/aromatic N) is 6. The first-order chi connectivity index (χ1) is 15.9. The summed E-state index contributed by atoms with van der Waals surface area (Å²) in [4.78, 5) is -0.767. The van der Waals surface area contributed by atoms with Crippen LogP contribution in [0.1, 0.15) is 17.7 Å². The minimum atomic E-state index is -4.46. The standard InChI is InChI=1S/C11H11F3N4O2S.C5H4ClF3N2O2S/c12-11(13,14)7-17-6-9(4-15-17)21(19,20)18-5-8-2-1-3-10(8)16-18;6-14(12,13)4-1-10-11(2-4)3-5(7,8)9/h4-6H,1-3,7H2;1-2H,3H2. The van der Waals surface area contributed by atoms with Crippen LogP contribution in [0, 0.1) is 0 Å². The van der Waals surface area contributed by atoms with Gasteiger partial charge in [-0.15, -0.1) is 0 Å². The molecule has 0 amide bonds. The average Bonchev–Trinajstić information content (AvgIpc) is 3.42. The number of halogens is 7. The van der Waals surface area contributed by atoms with Crippen LogP contribution < -0.4 is 0 Å². The van der Waals surface area contributed by atoms with Gasteiger partial charge in [-0.1, -0.05) is 0 Å². The fourth-order valence-electron chi connectivity index (χ4n) is 3.01. The number of hydrogen-bond acceptors (Lipinski definition) is 7. The molecule has 0 fully saturated rings. The number of aromatic nitrogens is 6. The highest BCUT2D eigenvalue weighted by Crippen LogP contribution is 2.23. The van der Waals surface area contributed by atoms with Crippen molar-refractivity contribution in [3.8, 4) is 0 Å². The fraction of sp³-hybridized carbons (Fsp3) is 0.438. The van der Waals surface area contributed by atoms with Crippen molar-refractivity contribution >= 4 is 29.8 Å². The summed E-state index contributed by atoms with van der Waals surface area (Å²) in [7, 11) is -3.13. The molecule has 19 heteroatoms. The van der Waals surface area contributed by atoms with Crippen molar-refractivity contribution in [2.45, 2.75) is 54.5 Å². The Kier molecular flexibility index (Phi) is 7.29. The first-order valence-corrected chi connectivity index (χ1v) is 13.1. The van der Waals surface area contributed by atoms with E-state index in [2.05, 4.69) is 15.3 Å². The molecule has 0 unspecified atom stereocenters. The molecule has 4 rings (SSSR count). The summed E-state index contributed by atoms with van der Waals surface area (Å²) >= 11 is 0.